The maximum atomic E-state index is 12.7. The lowest BCUT2D eigenvalue weighted by Crippen LogP contribution is -2.27. The number of hydrogen-bond donors (Lipinski definition) is 1. The molecule has 1 unspecified atom stereocenters. The van der Waals surface area contributed by atoms with Crippen molar-refractivity contribution in [1.82, 2.24) is 14.8 Å². The molecule has 0 aliphatic carbocycles. The number of hydrogen-bond acceptors (Lipinski definition) is 7. The van der Waals surface area contributed by atoms with Crippen molar-refractivity contribution in [3.63, 3.8) is 0 Å². The number of ketones is 1. The maximum absolute atomic E-state index is 12.7. The predicted molar refractivity (Wildman–Crippen MR) is 139 cm³/mol. The predicted octanol–water partition coefficient (Wildman–Crippen LogP) is 5.68. The van der Waals surface area contributed by atoms with Gasteiger partial charge < -0.3 is 14.8 Å². The van der Waals surface area contributed by atoms with Gasteiger partial charge in [0.25, 0.3) is 0 Å². The monoisotopic (exact) mass is 492 g/mol. The molecule has 7 nitrogen and oxygen atoms in total. The molecule has 0 saturated heterocycles. The fourth-order valence-corrected chi connectivity index (χ4v) is 5.07. The van der Waals surface area contributed by atoms with Gasteiger partial charge in [0.05, 0.1) is 13.7 Å². The van der Waals surface area contributed by atoms with Gasteiger partial charge in [0.15, 0.2) is 17.3 Å². The van der Waals surface area contributed by atoms with Gasteiger partial charge in [0.1, 0.15) is 6.04 Å². The highest BCUT2D eigenvalue weighted by atomic mass is 32.2. The quantitative estimate of drug-likeness (QED) is 0.273. The van der Waals surface area contributed by atoms with Gasteiger partial charge in [-0.1, -0.05) is 61.5 Å². The van der Waals surface area contributed by atoms with Crippen LogP contribution in [0.2, 0.25) is 0 Å². The van der Waals surface area contributed by atoms with Gasteiger partial charge in [-0.3, -0.25) is 4.79 Å². The van der Waals surface area contributed by atoms with E-state index in [0.29, 0.717) is 34.8 Å². The lowest BCUT2D eigenvalue weighted by Gasteiger charge is -2.28. The number of methoxy groups -OCH3 is 1. The van der Waals surface area contributed by atoms with E-state index in [4.69, 9.17) is 14.6 Å². The molecular weight excluding hydrogens is 460 g/mol. The summed E-state index contributed by atoms with van der Waals surface area (Å²) in [6.07, 6.45) is 3.03. The van der Waals surface area contributed by atoms with Crippen LogP contribution < -0.4 is 14.8 Å². The van der Waals surface area contributed by atoms with Gasteiger partial charge in [-0.15, -0.1) is 5.10 Å². The van der Waals surface area contributed by atoms with E-state index in [-0.39, 0.29) is 5.78 Å². The van der Waals surface area contributed by atoms with E-state index in [1.807, 2.05) is 48.0 Å². The minimum absolute atomic E-state index is 0.0107. The number of rotatable bonds is 11. The smallest absolute Gasteiger partial charge is 0.227 e. The van der Waals surface area contributed by atoms with Crippen molar-refractivity contribution in [3.05, 3.63) is 70.9 Å². The zero-order chi connectivity index (χ0) is 24.8. The third-order valence-electron chi connectivity index (χ3n) is 5.94. The number of thioether (sulfide) groups is 1. The summed E-state index contributed by atoms with van der Waals surface area (Å²) in [4.78, 5) is 17.4. The Bertz CT molecular complexity index is 1210. The van der Waals surface area contributed by atoms with E-state index in [1.165, 1.54) is 5.56 Å². The second-order valence-corrected chi connectivity index (χ2v) is 9.54. The fraction of sp³-hybridized carbons (Fsp3) is 0.370. The van der Waals surface area contributed by atoms with Crippen LogP contribution in [-0.4, -0.2) is 40.0 Å². The highest BCUT2D eigenvalue weighted by molar-refractivity contribution is 7.99. The summed E-state index contributed by atoms with van der Waals surface area (Å²) in [5.74, 6) is 2.87. The summed E-state index contributed by atoms with van der Waals surface area (Å²) >= 11 is 1.63. The number of nitrogens with zero attached hydrogens (tertiary/aromatic N) is 3. The number of aromatic nitrogens is 3. The fourth-order valence-electron chi connectivity index (χ4n) is 4.16. The van der Waals surface area contributed by atoms with E-state index < -0.39 is 6.04 Å². The minimum Gasteiger partial charge on any atom is -0.493 e. The molecule has 35 heavy (non-hydrogen) atoms. The van der Waals surface area contributed by atoms with Crippen LogP contribution in [0.15, 0.2) is 65.0 Å². The van der Waals surface area contributed by atoms with Crippen molar-refractivity contribution < 1.29 is 14.3 Å². The number of allylic oxidation sites excluding steroid dienone is 2. The first-order valence-corrected chi connectivity index (χ1v) is 12.9. The zero-order valence-corrected chi connectivity index (χ0v) is 21.5. The first kappa shape index (κ1) is 24.9. The molecule has 184 valence electrons. The van der Waals surface area contributed by atoms with E-state index in [9.17, 15) is 4.79 Å². The third-order valence-corrected chi connectivity index (χ3v) is 6.86. The van der Waals surface area contributed by atoms with Gasteiger partial charge in [-0.2, -0.15) is 4.98 Å². The Morgan fingerprint density at radius 2 is 1.97 bits per heavy atom. The maximum Gasteiger partial charge on any atom is 0.227 e. The first-order valence-electron chi connectivity index (χ1n) is 11.9. The average Bonchev–Trinajstić information content (AvgIpc) is 3.26. The Kier molecular flexibility index (Phi) is 8.13. The Morgan fingerprint density at radius 3 is 2.69 bits per heavy atom. The standard InChI is InChI=1S/C27H32N4O3S/c1-5-6-16-35-27-29-26-28-18(2)24(19(3)32)25(31(26)30-27)21-12-13-22(23(17-21)33-4)34-15-14-20-10-8-7-9-11-20/h7-13,17,25H,5-6,14-16H2,1-4H3,(H,28,29,30). The number of anilines is 1. The molecule has 1 atom stereocenters. The summed E-state index contributed by atoms with van der Waals surface area (Å²) in [5, 5.41) is 8.73. The van der Waals surface area contributed by atoms with Crippen LogP contribution in [-0.2, 0) is 11.2 Å². The number of carbonyl (C=O) groups excluding carboxylic acids is 1. The normalized spacial score (nSPS) is 14.9. The molecule has 2 aromatic carbocycles. The van der Waals surface area contributed by atoms with E-state index in [0.717, 1.165) is 36.3 Å². The molecule has 0 fully saturated rings. The van der Waals surface area contributed by atoms with Crippen LogP contribution in [0.25, 0.3) is 0 Å². The van der Waals surface area contributed by atoms with Crippen LogP contribution in [0.4, 0.5) is 5.95 Å². The summed E-state index contributed by atoms with van der Waals surface area (Å²) in [5.41, 5.74) is 3.55. The van der Waals surface area contributed by atoms with Crippen LogP contribution in [0.5, 0.6) is 11.5 Å². The summed E-state index contributed by atoms with van der Waals surface area (Å²) < 4.78 is 13.5. The second kappa shape index (κ2) is 11.4. The molecule has 0 radical (unpaired) electrons. The van der Waals surface area contributed by atoms with Crippen molar-refractivity contribution in [2.75, 3.05) is 24.8 Å². The molecule has 2 heterocycles. The van der Waals surface area contributed by atoms with Crippen LogP contribution in [0.3, 0.4) is 0 Å². The van der Waals surface area contributed by atoms with Crippen LogP contribution >= 0.6 is 11.8 Å². The Balaban J connectivity index is 1.61. The number of Topliss-reactive ketones (excluding diaryl/α,β-unsaturated/α-hetero) is 1. The summed E-state index contributed by atoms with van der Waals surface area (Å²) in [6, 6.07) is 15.6. The average molecular weight is 493 g/mol. The molecule has 1 aliphatic heterocycles. The van der Waals surface area contributed by atoms with Crippen molar-refractivity contribution in [2.45, 2.75) is 51.2 Å². The topological polar surface area (TPSA) is 78.3 Å². The van der Waals surface area contributed by atoms with Crippen molar-refractivity contribution in [2.24, 2.45) is 0 Å². The molecule has 8 heteroatoms. The summed E-state index contributed by atoms with van der Waals surface area (Å²) in [7, 11) is 1.63. The number of nitrogens with one attached hydrogen (secondary N) is 1. The zero-order valence-electron chi connectivity index (χ0n) is 20.7. The molecule has 0 amide bonds. The van der Waals surface area contributed by atoms with Gasteiger partial charge >= 0.3 is 0 Å². The number of carbonyl (C=O) groups is 1. The number of fused-ring (bicyclic) bond motifs is 1. The van der Waals surface area contributed by atoms with Crippen LogP contribution in [0.1, 0.15) is 50.8 Å². The second-order valence-electron chi connectivity index (χ2n) is 8.48. The van der Waals surface area contributed by atoms with Gasteiger partial charge in [-0.25, -0.2) is 4.68 Å². The minimum atomic E-state index is -0.399. The van der Waals surface area contributed by atoms with Gasteiger partial charge in [0, 0.05) is 23.4 Å². The molecule has 3 aromatic rings. The van der Waals surface area contributed by atoms with Crippen LogP contribution in [0, 0.1) is 0 Å². The van der Waals surface area contributed by atoms with Gasteiger partial charge in [-0.05, 0) is 43.5 Å². The number of benzene rings is 2. The Labute approximate surface area is 210 Å². The highest BCUT2D eigenvalue weighted by Crippen LogP contribution is 2.39. The lowest BCUT2D eigenvalue weighted by atomic mass is 9.93. The molecule has 0 saturated carbocycles. The van der Waals surface area contributed by atoms with Crippen molar-refractivity contribution in [1.29, 1.82) is 0 Å². The van der Waals surface area contributed by atoms with Gasteiger partial charge in [0.2, 0.25) is 11.1 Å². The van der Waals surface area contributed by atoms with E-state index in [2.05, 4.69) is 29.4 Å². The molecule has 1 N–H and O–H groups in total. The molecule has 4 rings (SSSR count). The molecule has 0 spiro atoms. The van der Waals surface area contributed by atoms with E-state index in [1.54, 1.807) is 25.8 Å². The van der Waals surface area contributed by atoms with Crippen molar-refractivity contribution in [3.8, 4) is 11.5 Å². The molecule has 1 aromatic heterocycles. The third kappa shape index (κ3) is 5.70. The lowest BCUT2D eigenvalue weighted by molar-refractivity contribution is -0.114. The van der Waals surface area contributed by atoms with Crippen molar-refractivity contribution >= 4 is 23.5 Å². The highest BCUT2D eigenvalue weighted by Gasteiger charge is 2.33. The molecule has 1 aliphatic rings. The molecular formula is C27H32N4O3S. The Morgan fingerprint density at radius 1 is 1.17 bits per heavy atom. The molecule has 0 bridgehead atoms. The SMILES string of the molecule is CCCCSc1nc2n(n1)C(c1ccc(OCCc3ccccc3)c(OC)c1)C(C(C)=O)=C(C)N2. The summed E-state index contributed by atoms with van der Waals surface area (Å²) in [6.45, 7) is 6.20. The Hall–Kier alpha value is -3.26. The van der Waals surface area contributed by atoms with E-state index >= 15 is 0 Å². The number of unbranched alkanes of at least 4 members (excludes halogenated alkanes) is 1. The number of ether oxygens (including phenoxy) is 2. The largest absolute Gasteiger partial charge is 0.493 e. The first-order chi connectivity index (χ1) is 17.0.